The quantitative estimate of drug-likeness (QED) is 0.652. The molecule has 84 valence electrons. The third-order valence-corrected chi connectivity index (χ3v) is 3.21. The van der Waals surface area contributed by atoms with Gasteiger partial charge < -0.3 is 15.2 Å². The van der Waals surface area contributed by atoms with Crippen LogP contribution in [0.1, 0.15) is 39.5 Å². The molecular weight excluding hydrogens is 178 g/mol. The molecule has 3 heteroatoms. The summed E-state index contributed by atoms with van der Waals surface area (Å²) in [6.07, 6.45) is 4.63. The highest BCUT2D eigenvalue weighted by Crippen LogP contribution is 2.34. The molecule has 0 aromatic carbocycles. The summed E-state index contributed by atoms with van der Waals surface area (Å²) >= 11 is 0. The largest absolute Gasteiger partial charge is 0.389 e. The van der Waals surface area contributed by atoms with Crippen molar-refractivity contribution in [3.63, 3.8) is 0 Å². The lowest BCUT2D eigenvalue weighted by atomic mass is 9.75. The van der Waals surface area contributed by atoms with Crippen LogP contribution in [0.3, 0.4) is 0 Å². The van der Waals surface area contributed by atoms with Gasteiger partial charge >= 0.3 is 0 Å². The average molecular weight is 201 g/mol. The summed E-state index contributed by atoms with van der Waals surface area (Å²) in [5, 5.41) is 13.0. The van der Waals surface area contributed by atoms with Gasteiger partial charge in [-0.1, -0.05) is 6.92 Å². The molecule has 1 atom stereocenters. The molecule has 0 aromatic rings. The van der Waals surface area contributed by atoms with Gasteiger partial charge in [0.2, 0.25) is 0 Å². The van der Waals surface area contributed by atoms with Crippen LogP contribution >= 0.6 is 0 Å². The van der Waals surface area contributed by atoms with Crippen molar-refractivity contribution in [2.24, 2.45) is 0 Å². The molecule has 0 spiro atoms. The summed E-state index contributed by atoms with van der Waals surface area (Å²) in [6, 6.07) is 0. The van der Waals surface area contributed by atoms with E-state index < -0.39 is 0 Å². The van der Waals surface area contributed by atoms with E-state index in [4.69, 9.17) is 4.74 Å². The zero-order valence-corrected chi connectivity index (χ0v) is 9.38. The van der Waals surface area contributed by atoms with Gasteiger partial charge in [0.05, 0.1) is 12.7 Å². The smallest absolute Gasteiger partial charge is 0.0897 e. The molecule has 14 heavy (non-hydrogen) atoms. The number of nitrogens with one attached hydrogen (secondary N) is 1. The van der Waals surface area contributed by atoms with Crippen LogP contribution in [0, 0.1) is 0 Å². The first kappa shape index (κ1) is 12.0. The first-order valence-electron chi connectivity index (χ1n) is 5.73. The first-order valence-corrected chi connectivity index (χ1v) is 5.73. The standard InChI is InChI=1S/C11H23NO2/c1-3-11(6-5-7-11)12-8-10(13)9-14-4-2/h10,12-13H,3-9H2,1-2H3. The highest BCUT2D eigenvalue weighted by molar-refractivity contribution is 4.94. The fourth-order valence-corrected chi connectivity index (χ4v) is 1.91. The Labute approximate surface area is 86.8 Å². The van der Waals surface area contributed by atoms with Gasteiger partial charge in [-0.2, -0.15) is 0 Å². The Morgan fingerprint density at radius 1 is 1.43 bits per heavy atom. The number of hydrogen-bond donors (Lipinski definition) is 2. The third-order valence-electron chi connectivity index (χ3n) is 3.21. The highest BCUT2D eigenvalue weighted by Gasteiger charge is 2.34. The van der Waals surface area contributed by atoms with Crippen LogP contribution < -0.4 is 5.32 Å². The number of aliphatic hydroxyl groups excluding tert-OH is 1. The van der Waals surface area contributed by atoms with Crippen molar-refractivity contribution in [1.29, 1.82) is 0 Å². The summed E-state index contributed by atoms with van der Waals surface area (Å²) in [7, 11) is 0. The van der Waals surface area contributed by atoms with E-state index in [9.17, 15) is 5.11 Å². The molecule has 0 radical (unpaired) electrons. The van der Waals surface area contributed by atoms with Gasteiger partial charge in [0.1, 0.15) is 0 Å². The molecule has 0 heterocycles. The second-order valence-electron chi connectivity index (χ2n) is 4.18. The minimum absolute atomic E-state index is 0.327. The molecule has 1 saturated carbocycles. The highest BCUT2D eigenvalue weighted by atomic mass is 16.5. The van der Waals surface area contributed by atoms with Gasteiger partial charge in [-0.05, 0) is 32.6 Å². The van der Waals surface area contributed by atoms with Crippen molar-refractivity contribution >= 4 is 0 Å². The monoisotopic (exact) mass is 201 g/mol. The van der Waals surface area contributed by atoms with E-state index >= 15 is 0 Å². The predicted octanol–water partition coefficient (Wildman–Crippen LogP) is 1.31. The molecular formula is C11H23NO2. The van der Waals surface area contributed by atoms with Crippen molar-refractivity contribution in [2.75, 3.05) is 19.8 Å². The summed E-state index contributed by atoms with van der Waals surface area (Å²) in [5.41, 5.74) is 0.327. The predicted molar refractivity (Wildman–Crippen MR) is 57.4 cm³/mol. The second kappa shape index (κ2) is 5.69. The van der Waals surface area contributed by atoms with Crippen molar-refractivity contribution in [3.05, 3.63) is 0 Å². The molecule has 1 fully saturated rings. The van der Waals surface area contributed by atoms with Gasteiger partial charge in [0.25, 0.3) is 0 Å². The summed E-state index contributed by atoms with van der Waals surface area (Å²) in [4.78, 5) is 0. The molecule has 0 bridgehead atoms. The Hall–Kier alpha value is -0.120. The summed E-state index contributed by atoms with van der Waals surface area (Å²) in [5.74, 6) is 0. The maximum Gasteiger partial charge on any atom is 0.0897 e. The van der Waals surface area contributed by atoms with Crippen LogP contribution in [0.25, 0.3) is 0 Å². The fraction of sp³-hybridized carbons (Fsp3) is 1.00. The average Bonchev–Trinajstić information content (AvgIpc) is 2.14. The molecule has 0 aromatic heterocycles. The van der Waals surface area contributed by atoms with E-state index in [0.29, 0.717) is 25.3 Å². The third kappa shape index (κ3) is 3.23. The van der Waals surface area contributed by atoms with Crippen LogP contribution in [0.5, 0.6) is 0 Å². The molecule has 1 rings (SSSR count). The lowest BCUT2D eigenvalue weighted by molar-refractivity contribution is 0.0323. The van der Waals surface area contributed by atoms with E-state index in [1.165, 1.54) is 19.3 Å². The molecule has 3 nitrogen and oxygen atoms in total. The molecule has 1 aliphatic carbocycles. The molecule has 2 N–H and O–H groups in total. The number of hydrogen-bond acceptors (Lipinski definition) is 3. The van der Waals surface area contributed by atoms with Crippen molar-refractivity contribution in [2.45, 2.75) is 51.2 Å². The second-order valence-corrected chi connectivity index (χ2v) is 4.18. The maximum absolute atomic E-state index is 9.57. The van der Waals surface area contributed by atoms with Gasteiger partial charge in [0, 0.05) is 18.7 Å². The SMILES string of the molecule is CCOCC(O)CNC1(CC)CCC1. The van der Waals surface area contributed by atoms with E-state index in [2.05, 4.69) is 12.2 Å². The maximum atomic E-state index is 9.57. The Morgan fingerprint density at radius 2 is 2.14 bits per heavy atom. The lowest BCUT2D eigenvalue weighted by Crippen LogP contribution is -2.53. The number of ether oxygens (including phenoxy) is 1. The summed E-state index contributed by atoms with van der Waals surface area (Å²) < 4.78 is 5.16. The lowest BCUT2D eigenvalue weighted by Gasteiger charge is -2.42. The molecule has 0 saturated heterocycles. The zero-order valence-electron chi connectivity index (χ0n) is 9.38. The van der Waals surface area contributed by atoms with Crippen LogP contribution in [-0.2, 0) is 4.74 Å². The van der Waals surface area contributed by atoms with Gasteiger partial charge in [-0.25, -0.2) is 0 Å². The number of β-amino-alcohol motifs (C(OH)–C–C–N with tert-alkyl or cyclic N) is 1. The first-order chi connectivity index (χ1) is 6.72. The summed E-state index contributed by atoms with van der Waals surface area (Å²) in [6.45, 7) is 5.94. The van der Waals surface area contributed by atoms with E-state index in [1.807, 2.05) is 6.92 Å². The Balaban J connectivity index is 2.12. The Bertz CT molecular complexity index is 152. The molecule has 1 unspecified atom stereocenters. The number of rotatable bonds is 7. The van der Waals surface area contributed by atoms with Crippen molar-refractivity contribution in [1.82, 2.24) is 5.32 Å². The zero-order chi connectivity index (χ0) is 10.4. The van der Waals surface area contributed by atoms with Gasteiger partial charge in [-0.15, -0.1) is 0 Å². The number of aliphatic hydroxyl groups is 1. The van der Waals surface area contributed by atoms with Gasteiger partial charge in [0.15, 0.2) is 0 Å². The molecule has 1 aliphatic rings. The molecule has 0 amide bonds. The Morgan fingerprint density at radius 3 is 2.57 bits per heavy atom. The topological polar surface area (TPSA) is 41.5 Å². The van der Waals surface area contributed by atoms with E-state index in [0.717, 1.165) is 6.42 Å². The van der Waals surface area contributed by atoms with Crippen LogP contribution in [-0.4, -0.2) is 36.5 Å². The fourth-order valence-electron chi connectivity index (χ4n) is 1.91. The normalized spacial score (nSPS) is 21.6. The van der Waals surface area contributed by atoms with Gasteiger partial charge in [-0.3, -0.25) is 0 Å². The van der Waals surface area contributed by atoms with E-state index in [1.54, 1.807) is 0 Å². The minimum Gasteiger partial charge on any atom is -0.389 e. The molecule has 0 aliphatic heterocycles. The Kier molecular flexibility index (Phi) is 4.85. The minimum atomic E-state index is -0.362. The van der Waals surface area contributed by atoms with Crippen LogP contribution in [0.15, 0.2) is 0 Å². The van der Waals surface area contributed by atoms with Crippen molar-refractivity contribution in [3.8, 4) is 0 Å². The van der Waals surface area contributed by atoms with Crippen LogP contribution in [0.4, 0.5) is 0 Å². The van der Waals surface area contributed by atoms with Crippen LogP contribution in [0.2, 0.25) is 0 Å². The van der Waals surface area contributed by atoms with E-state index in [-0.39, 0.29) is 6.10 Å². The van der Waals surface area contributed by atoms with Crippen molar-refractivity contribution < 1.29 is 9.84 Å².